The van der Waals surface area contributed by atoms with Crippen molar-refractivity contribution in [1.29, 1.82) is 0 Å². The van der Waals surface area contributed by atoms with E-state index in [2.05, 4.69) is 0 Å². The van der Waals surface area contributed by atoms with Gasteiger partial charge in [-0.15, -0.1) is 0 Å². The number of piperidine rings is 1. The predicted molar refractivity (Wildman–Crippen MR) is 75.1 cm³/mol. The smallest absolute Gasteiger partial charge is 0.409 e. The van der Waals surface area contributed by atoms with Crippen molar-refractivity contribution in [1.82, 2.24) is 4.90 Å². The van der Waals surface area contributed by atoms with E-state index in [0.29, 0.717) is 19.4 Å². The maximum atomic E-state index is 11.9. The quantitative estimate of drug-likeness (QED) is 0.742. The van der Waals surface area contributed by atoms with E-state index in [1.807, 2.05) is 20.8 Å². The van der Waals surface area contributed by atoms with E-state index >= 15 is 0 Å². The molecule has 4 heteroatoms. The Hall–Kier alpha value is -1.06. The highest BCUT2D eigenvalue weighted by Crippen LogP contribution is 2.23. The molecule has 0 aromatic carbocycles. The van der Waals surface area contributed by atoms with Crippen molar-refractivity contribution in [3.05, 3.63) is 0 Å². The zero-order valence-corrected chi connectivity index (χ0v) is 12.5. The molecule has 1 fully saturated rings. The van der Waals surface area contributed by atoms with Crippen LogP contribution in [0.15, 0.2) is 0 Å². The van der Waals surface area contributed by atoms with Crippen molar-refractivity contribution in [3.8, 4) is 0 Å². The second-order valence-electron chi connectivity index (χ2n) is 6.16. The average Bonchev–Trinajstić information content (AvgIpc) is 2.43. The minimum atomic E-state index is -0.199. The van der Waals surface area contributed by atoms with Gasteiger partial charge in [-0.3, -0.25) is 4.79 Å². The number of carbonyl (C=O) groups excluding carboxylic acids is 2. The van der Waals surface area contributed by atoms with Crippen molar-refractivity contribution in [3.63, 3.8) is 0 Å². The van der Waals surface area contributed by atoms with Crippen LogP contribution >= 0.6 is 0 Å². The van der Waals surface area contributed by atoms with Gasteiger partial charge in [-0.2, -0.15) is 0 Å². The lowest BCUT2D eigenvalue weighted by Gasteiger charge is -2.29. The van der Waals surface area contributed by atoms with E-state index in [-0.39, 0.29) is 17.3 Å². The van der Waals surface area contributed by atoms with E-state index in [4.69, 9.17) is 4.74 Å². The van der Waals surface area contributed by atoms with Gasteiger partial charge in [0, 0.05) is 25.9 Å². The number of hydrogen-bond donors (Lipinski definition) is 0. The number of ether oxygens (including phenoxy) is 1. The summed E-state index contributed by atoms with van der Waals surface area (Å²) in [6, 6.07) is 0. The zero-order chi connectivity index (χ0) is 14.3. The number of hydrogen-bond acceptors (Lipinski definition) is 3. The normalized spacial score (nSPS) is 16.3. The molecule has 1 rings (SSSR count). The first kappa shape index (κ1) is 16.0. The lowest BCUT2D eigenvalue weighted by molar-refractivity contribution is -0.119. The van der Waals surface area contributed by atoms with Gasteiger partial charge in [0.05, 0.1) is 6.61 Å². The van der Waals surface area contributed by atoms with Crippen LogP contribution in [0.3, 0.4) is 0 Å². The molecule has 0 bridgehead atoms. The fraction of sp³-hybridized carbons (Fsp3) is 0.867. The predicted octanol–water partition coefficient (Wildman–Crippen LogP) is 3.39. The van der Waals surface area contributed by atoms with Crippen LogP contribution in [0, 0.1) is 5.41 Å². The Morgan fingerprint density at radius 3 is 2.37 bits per heavy atom. The Morgan fingerprint density at radius 1 is 1.16 bits per heavy atom. The molecule has 19 heavy (non-hydrogen) atoms. The fourth-order valence-corrected chi connectivity index (χ4v) is 2.15. The topological polar surface area (TPSA) is 46.6 Å². The van der Waals surface area contributed by atoms with Gasteiger partial charge in [0.1, 0.15) is 5.78 Å². The van der Waals surface area contributed by atoms with Gasteiger partial charge in [0.15, 0.2) is 0 Å². The molecule has 0 radical (unpaired) electrons. The number of amides is 1. The van der Waals surface area contributed by atoms with Crippen molar-refractivity contribution >= 4 is 11.9 Å². The van der Waals surface area contributed by atoms with E-state index in [9.17, 15) is 9.59 Å². The van der Waals surface area contributed by atoms with Gasteiger partial charge < -0.3 is 9.64 Å². The summed E-state index contributed by atoms with van der Waals surface area (Å²) in [5.74, 6) is 0.274. The molecule has 1 aliphatic heterocycles. The molecule has 0 atom stereocenters. The largest absolute Gasteiger partial charge is 0.449 e. The Balaban J connectivity index is 2.28. The first-order valence-electron chi connectivity index (χ1n) is 7.38. The molecule has 0 saturated carbocycles. The van der Waals surface area contributed by atoms with Gasteiger partial charge >= 0.3 is 6.09 Å². The molecule has 0 unspecified atom stereocenters. The third-order valence-corrected chi connectivity index (χ3v) is 3.68. The summed E-state index contributed by atoms with van der Waals surface area (Å²) in [6.45, 7) is 7.98. The van der Waals surface area contributed by atoms with Crippen LogP contribution in [-0.2, 0) is 9.53 Å². The molecule has 0 N–H and O–H groups in total. The summed E-state index contributed by atoms with van der Waals surface area (Å²) in [7, 11) is 0. The van der Waals surface area contributed by atoms with Crippen LogP contribution in [-0.4, -0.2) is 36.5 Å². The summed E-state index contributed by atoms with van der Waals surface area (Å²) in [5, 5.41) is 0. The molecule has 1 heterocycles. The number of likely N-dealkylation sites (tertiary alicyclic amines) is 1. The second-order valence-corrected chi connectivity index (χ2v) is 6.16. The molecular weight excluding hydrogens is 242 g/mol. The standard InChI is InChI=1S/C15H27NO3/c1-4-13(17)8-9-15(2,3)12-19-14(18)16-10-6-5-7-11-16/h4-12H2,1-3H3. The van der Waals surface area contributed by atoms with Crippen molar-refractivity contribution in [2.45, 2.75) is 59.3 Å². The van der Waals surface area contributed by atoms with Crippen LogP contribution in [0.5, 0.6) is 0 Å². The third kappa shape index (κ3) is 6.08. The first-order valence-corrected chi connectivity index (χ1v) is 7.38. The van der Waals surface area contributed by atoms with Crippen molar-refractivity contribution < 1.29 is 14.3 Å². The lowest BCUT2D eigenvalue weighted by atomic mass is 9.88. The van der Waals surface area contributed by atoms with Gasteiger partial charge in [-0.05, 0) is 31.1 Å². The van der Waals surface area contributed by atoms with Crippen molar-refractivity contribution in [2.24, 2.45) is 5.41 Å². The summed E-state index contributed by atoms with van der Waals surface area (Å²) >= 11 is 0. The highest BCUT2D eigenvalue weighted by Gasteiger charge is 2.24. The van der Waals surface area contributed by atoms with Gasteiger partial charge in [0.2, 0.25) is 0 Å². The SMILES string of the molecule is CCC(=O)CCC(C)(C)COC(=O)N1CCCCC1. The van der Waals surface area contributed by atoms with Gasteiger partial charge in [-0.1, -0.05) is 20.8 Å². The molecule has 110 valence electrons. The minimum absolute atomic E-state index is 0.129. The second kappa shape index (κ2) is 7.51. The maximum Gasteiger partial charge on any atom is 0.409 e. The van der Waals surface area contributed by atoms with E-state index < -0.39 is 0 Å². The summed E-state index contributed by atoms with van der Waals surface area (Å²) in [4.78, 5) is 25.0. The Kier molecular flexibility index (Phi) is 6.32. The van der Waals surface area contributed by atoms with E-state index in [1.54, 1.807) is 4.90 Å². The monoisotopic (exact) mass is 269 g/mol. The first-order chi connectivity index (χ1) is 8.94. The number of ketones is 1. The van der Waals surface area contributed by atoms with Crippen LogP contribution < -0.4 is 0 Å². The Morgan fingerprint density at radius 2 is 1.79 bits per heavy atom. The van der Waals surface area contributed by atoms with Crippen molar-refractivity contribution in [2.75, 3.05) is 19.7 Å². The van der Waals surface area contributed by atoms with Crippen LogP contribution in [0.2, 0.25) is 0 Å². The summed E-state index contributed by atoms with van der Waals surface area (Å²) in [6.07, 6.45) is 5.08. The molecule has 1 aliphatic rings. The Labute approximate surface area is 116 Å². The summed E-state index contributed by atoms with van der Waals surface area (Å²) in [5.41, 5.74) is -0.129. The van der Waals surface area contributed by atoms with E-state index in [0.717, 1.165) is 32.4 Å². The van der Waals surface area contributed by atoms with Gasteiger partial charge in [0.25, 0.3) is 0 Å². The molecule has 1 amide bonds. The third-order valence-electron chi connectivity index (χ3n) is 3.68. The number of Topliss-reactive ketones (excluding diaryl/α,β-unsaturated/α-hetero) is 1. The van der Waals surface area contributed by atoms with E-state index in [1.165, 1.54) is 6.42 Å². The fourth-order valence-electron chi connectivity index (χ4n) is 2.15. The lowest BCUT2D eigenvalue weighted by Crippen LogP contribution is -2.37. The number of carbonyl (C=O) groups is 2. The molecule has 0 aliphatic carbocycles. The molecule has 4 nitrogen and oxygen atoms in total. The zero-order valence-electron chi connectivity index (χ0n) is 12.5. The van der Waals surface area contributed by atoms with Crippen LogP contribution in [0.1, 0.15) is 59.3 Å². The van der Waals surface area contributed by atoms with Crippen LogP contribution in [0.4, 0.5) is 4.79 Å². The summed E-state index contributed by atoms with van der Waals surface area (Å²) < 4.78 is 5.39. The molecular formula is C15H27NO3. The highest BCUT2D eigenvalue weighted by atomic mass is 16.6. The minimum Gasteiger partial charge on any atom is -0.449 e. The van der Waals surface area contributed by atoms with Crippen LogP contribution in [0.25, 0.3) is 0 Å². The highest BCUT2D eigenvalue weighted by molar-refractivity contribution is 5.78. The Bertz CT molecular complexity index is 307. The molecule has 0 spiro atoms. The average molecular weight is 269 g/mol. The number of nitrogens with zero attached hydrogens (tertiary/aromatic N) is 1. The van der Waals surface area contributed by atoms with Gasteiger partial charge in [-0.25, -0.2) is 4.79 Å². The molecule has 0 aromatic rings. The molecule has 0 aromatic heterocycles. The maximum absolute atomic E-state index is 11.9. The number of rotatable bonds is 6. The molecule has 1 saturated heterocycles.